The van der Waals surface area contributed by atoms with E-state index in [0.717, 1.165) is 51.6 Å². The average molecular weight is 757 g/mol. The number of piperazine rings is 1. The standard InChI is InChI=1S/C39H64N8O7/c1-10-44(29-23-39(24-29)21-27(22-39)40-34(51)53-36(2,3)4)25-26-11-13-28(14-12-26)47-16-15-30(42-33(47)50)41-32(49)46-19-17-45(18-20-46)31(48)38(8,9)43-35(52)54-37(5,6)7/h15-16,26-29H,10-14,17-25H2,1-9H3,(H,40,51)(H,43,52)(H,41,42,49,50)/t26-,27?,28-,29?,39?. The third-order valence-electron chi connectivity index (χ3n) is 11.3. The van der Waals surface area contributed by atoms with E-state index in [1.165, 1.54) is 12.8 Å². The molecule has 0 aromatic carbocycles. The van der Waals surface area contributed by atoms with Crippen molar-refractivity contribution in [3.63, 3.8) is 0 Å². The molecule has 1 aromatic rings. The summed E-state index contributed by atoms with van der Waals surface area (Å²) in [4.78, 5) is 73.8. The number of anilines is 1. The Morgan fingerprint density at radius 3 is 1.98 bits per heavy atom. The third-order valence-corrected chi connectivity index (χ3v) is 11.3. The van der Waals surface area contributed by atoms with Crippen molar-refractivity contribution >= 4 is 29.9 Å². The van der Waals surface area contributed by atoms with Gasteiger partial charge >= 0.3 is 23.9 Å². The number of urea groups is 1. The highest BCUT2D eigenvalue weighted by atomic mass is 16.6. The molecule has 5 amide bonds. The van der Waals surface area contributed by atoms with E-state index in [-0.39, 0.29) is 41.6 Å². The lowest BCUT2D eigenvalue weighted by Crippen LogP contribution is -2.61. The number of carbonyl (C=O) groups is 4. The van der Waals surface area contributed by atoms with Crippen molar-refractivity contribution in [2.24, 2.45) is 11.3 Å². The molecule has 54 heavy (non-hydrogen) atoms. The minimum absolute atomic E-state index is 0.0807. The van der Waals surface area contributed by atoms with Gasteiger partial charge in [0.25, 0.3) is 0 Å². The maximum absolute atomic E-state index is 13.2. The highest BCUT2D eigenvalue weighted by Gasteiger charge is 2.54. The number of rotatable bonds is 9. The van der Waals surface area contributed by atoms with Crippen molar-refractivity contribution in [2.45, 2.75) is 149 Å². The number of carbonyl (C=O) groups excluding carboxylic acids is 4. The van der Waals surface area contributed by atoms with E-state index in [9.17, 15) is 24.0 Å². The highest BCUT2D eigenvalue weighted by Crippen LogP contribution is 2.57. The van der Waals surface area contributed by atoms with Crippen LogP contribution in [0.1, 0.15) is 120 Å². The summed E-state index contributed by atoms with van der Waals surface area (Å²) in [5.41, 5.74) is -2.36. The maximum Gasteiger partial charge on any atom is 0.408 e. The molecular formula is C39H64N8O7. The van der Waals surface area contributed by atoms with Gasteiger partial charge in [-0.1, -0.05) is 6.92 Å². The van der Waals surface area contributed by atoms with Crippen molar-refractivity contribution in [3.05, 3.63) is 22.7 Å². The first-order valence-corrected chi connectivity index (χ1v) is 19.8. The molecule has 0 bridgehead atoms. The Morgan fingerprint density at radius 1 is 0.852 bits per heavy atom. The van der Waals surface area contributed by atoms with Gasteiger partial charge in [0, 0.05) is 57.0 Å². The molecule has 15 nitrogen and oxygen atoms in total. The quantitative estimate of drug-likeness (QED) is 0.310. The van der Waals surface area contributed by atoms with E-state index >= 15 is 0 Å². The van der Waals surface area contributed by atoms with Crippen LogP contribution in [0.5, 0.6) is 0 Å². The second-order valence-corrected chi connectivity index (χ2v) is 18.5. The van der Waals surface area contributed by atoms with Crippen molar-refractivity contribution in [1.82, 2.24) is 34.9 Å². The first kappa shape index (κ1) is 41.3. The van der Waals surface area contributed by atoms with Crippen LogP contribution in [0.2, 0.25) is 0 Å². The molecule has 3 N–H and O–H groups in total. The summed E-state index contributed by atoms with van der Waals surface area (Å²) in [6, 6.07) is 2.18. The summed E-state index contributed by atoms with van der Waals surface area (Å²) in [7, 11) is 0. The Kier molecular flexibility index (Phi) is 12.3. The van der Waals surface area contributed by atoms with Crippen LogP contribution in [0.15, 0.2) is 17.1 Å². The largest absolute Gasteiger partial charge is 0.444 e. The summed E-state index contributed by atoms with van der Waals surface area (Å²) < 4.78 is 12.4. The number of aromatic nitrogens is 2. The van der Waals surface area contributed by atoms with Gasteiger partial charge < -0.3 is 34.8 Å². The van der Waals surface area contributed by atoms with Gasteiger partial charge in [0.15, 0.2) is 0 Å². The van der Waals surface area contributed by atoms with Gasteiger partial charge in [-0.15, -0.1) is 0 Å². The normalized spacial score (nSPS) is 26.0. The van der Waals surface area contributed by atoms with E-state index in [4.69, 9.17) is 9.47 Å². The molecule has 1 aliphatic heterocycles. The minimum Gasteiger partial charge on any atom is -0.444 e. The summed E-state index contributed by atoms with van der Waals surface area (Å²) >= 11 is 0. The van der Waals surface area contributed by atoms with Crippen LogP contribution in [0.4, 0.5) is 20.2 Å². The van der Waals surface area contributed by atoms with E-state index in [1.807, 2.05) is 20.8 Å². The van der Waals surface area contributed by atoms with Gasteiger partial charge in [-0.3, -0.25) is 14.7 Å². The smallest absolute Gasteiger partial charge is 0.408 e. The Balaban J connectivity index is 1.01. The molecule has 15 heteroatoms. The molecule has 1 spiro atoms. The lowest BCUT2D eigenvalue weighted by molar-refractivity contribution is -0.138. The van der Waals surface area contributed by atoms with Gasteiger partial charge in [0.1, 0.15) is 22.6 Å². The fourth-order valence-electron chi connectivity index (χ4n) is 8.64. The third kappa shape index (κ3) is 10.7. The van der Waals surface area contributed by atoms with Crippen molar-refractivity contribution in [1.29, 1.82) is 0 Å². The van der Waals surface area contributed by atoms with E-state index in [2.05, 4.69) is 32.8 Å². The monoisotopic (exact) mass is 756 g/mol. The van der Waals surface area contributed by atoms with Crippen LogP contribution in [-0.2, 0) is 14.3 Å². The van der Waals surface area contributed by atoms with Gasteiger partial charge in [0.2, 0.25) is 5.91 Å². The highest BCUT2D eigenvalue weighted by molar-refractivity contribution is 5.90. The topological polar surface area (TPSA) is 167 Å². The SMILES string of the molecule is CCN(C[C@H]1CC[C@H](n2ccc(NC(=O)N3CCN(C(=O)C(C)(C)NC(=O)OC(C)(C)C)CC3)nc2=O)CC1)C1CC2(CC(NC(=O)OC(C)(C)C)C2)C1. The van der Waals surface area contributed by atoms with Crippen molar-refractivity contribution in [3.8, 4) is 0 Å². The number of hydrogen-bond donors (Lipinski definition) is 3. The molecule has 1 saturated heterocycles. The predicted molar refractivity (Wildman–Crippen MR) is 205 cm³/mol. The van der Waals surface area contributed by atoms with Gasteiger partial charge in [-0.2, -0.15) is 4.98 Å². The molecule has 0 atom stereocenters. The lowest BCUT2D eigenvalue weighted by Gasteiger charge is -2.60. The summed E-state index contributed by atoms with van der Waals surface area (Å²) in [6.45, 7) is 19.7. The number of amides is 5. The number of nitrogens with zero attached hydrogens (tertiary/aromatic N) is 5. The van der Waals surface area contributed by atoms with E-state index in [0.29, 0.717) is 43.6 Å². The molecule has 1 aromatic heterocycles. The molecule has 2 heterocycles. The number of alkyl carbamates (subject to hydrolysis) is 2. The lowest BCUT2D eigenvalue weighted by atomic mass is 9.51. The zero-order valence-corrected chi connectivity index (χ0v) is 34.0. The van der Waals surface area contributed by atoms with E-state index < -0.39 is 22.8 Å². The van der Waals surface area contributed by atoms with Crippen LogP contribution in [-0.4, -0.2) is 116 Å². The summed E-state index contributed by atoms with van der Waals surface area (Å²) in [5, 5.41) is 8.43. The second-order valence-electron chi connectivity index (χ2n) is 18.5. The summed E-state index contributed by atoms with van der Waals surface area (Å²) in [6.07, 6.45) is 9.12. The first-order chi connectivity index (χ1) is 25.1. The molecule has 4 fully saturated rings. The second kappa shape index (κ2) is 16.1. The van der Waals surface area contributed by atoms with Crippen LogP contribution in [0.25, 0.3) is 0 Å². The molecular weight excluding hydrogens is 692 g/mol. The van der Waals surface area contributed by atoms with E-state index in [1.54, 1.807) is 61.2 Å². The Labute approximate surface area is 320 Å². The Hall–Kier alpha value is -3.88. The zero-order chi connectivity index (χ0) is 39.6. The zero-order valence-electron chi connectivity index (χ0n) is 34.0. The molecule has 0 unspecified atom stereocenters. The molecule has 3 saturated carbocycles. The van der Waals surface area contributed by atoms with Crippen LogP contribution < -0.4 is 21.6 Å². The fourth-order valence-corrected chi connectivity index (χ4v) is 8.64. The van der Waals surface area contributed by atoms with Crippen molar-refractivity contribution in [2.75, 3.05) is 44.6 Å². The molecule has 302 valence electrons. The van der Waals surface area contributed by atoms with Crippen LogP contribution in [0.3, 0.4) is 0 Å². The fraction of sp³-hybridized carbons (Fsp3) is 0.795. The van der Waals surface area contributed by atoms with Crippen LogP contribution in [0, 0.1) is 11.3 Å². The molecule has 3 aliphatic carbocycles. The van der Waals surface area contributed by atoms with Gasteiger partial charge in [-0.05, 0) is 131 Å². The minimum atomic E-state index is -1.18. The predicted octanol–water partition coefficient (Wildman–Crippen LogP) is 5.11. The molecule has 0 radical (unpaired) electrons. The number of nitrogens with one attached hydrogen (secondary N) is 3. The number of hydrogen-bond acceptors (Lipinski definition) is 9. The van der Waals surface area contributed by atoms with Crippen molar-refractivity contribution < 1.29 is 28.7 Å². The maximum atomic E-state index is 13.2. The summed E-state index contributed by atoms with van der Waals surface area (Å²) in [5.74, 6) is 0.526. The van der Waals surface area contributed by atoms with Gasteiger partial charge in [-0.25, -0.2) is 19.2 Å². The molecule has 4 aliphatic rings. The van der Waals surface area contributed by atoms with Gasteiger partial charge in [0.05, 0.1) is 0 Å². The average Bonchev–Trinajstić information content (AvgIpc) is 3.02. The first-order valence-electron chi connectivity index (χ1n) is 19.8. The van der Waals surface area contributed by atoms with Crippen LogP contribution >= 0.6 is 0 Å². The Morgan fingerprint density at radius 2 is 1.43 bits per heavy atom. The Bertz CT molecular complexity index is 1570. The number of ether oxygens (including phenoxy) is 2. The molecule has 5 rings (SSSR count).